The van der Waals surface area contributed by atoms with E-state index in [2.05, 4.69) is 168 Å². The van der Waals surface area contributed by atoms with Gasteiger partial charge in [0.05, 0.1) is 11.0 Å². The summed E-state index contributed by atoms with van der Waals surface area (Å²) in [5, 5.41) is 15.2. The molecule has 0 atom stereocenters. The van der Waals surface area contributed by atoms with E-state index < -0.39 is 0 Å². The Labute approximate surface area is 296 Å². The first kappa shape index (κ1) is 27.4. The highest BCUT2D eigenvalue weighted by Crippen LogP contribution is 2.44. The van der Waals surface area contributed by atoms with Gasteiger partial charge in [0, 0.05) is 47.4 Å². The van der Waals surface area contributed by atoms with Crippen LogP contribution in [0.25, 0.3) is 113 Å². The molecule has 0 aliphatic rings. The van der Waals surface area contributed by atoms with Crippen molar-refractivity contribution in [2.75, 3.05) is 0 Å². The number of fused-ring (bicyclic) bond motifs is 16. The second kappa shape index (κ2) is 10.1. The molecule has 3 aromatic heterocycles. The van der Waals surface area contributed by atoms with Crippen LogP contribution in [0.15, 0.2) is 168 Å². The molecule has 12 aromatic rings. The third kappa shape index (κ3) is 3.76. The highest BCUT2D eigenvalue weighted by molar-refractivity contribution is 7.26. The molecular weight excluding hydrogens is 639 g/mol. The molecule has 0 spiro atoms. The number of hydrogen-bond donors (Lipinski definition) is 0. The summed E-state index contributed by atoms with van der Waals surface area (Å²) in [6.45, 7) is 0. The summed E-state index contributed by atoms with van der Waals surface area (Å²) >= 11 is 1.89. The summed E-state index contributed by atoms with van der Waals surface area (Å²) in [6.07, 6.45) is 0. The largest absolute Gasteiger partial charge is 0.456 e. The minimum atomic E-state index is 0.898. The Hall–Kier alpha value is -6.42. The van der Waals surface area contributed by atoms with Gasteiger partial charge < -0.3 is 8.98 Å². The standard InChI is InChI=1S/C48H27NOS/c1-2-11-33-31(9-1)32-10-3-4-12-34(32)39-25-28(17-20-35(33)39)29-18-23-44-40(26-29)41-27-30(19-24-45(41)50-44)49-42-15-7-5-14-38(42)47-43(49)22-21-37-36-13-6-8-16-46(36)51-48(37)47/h1-27H. The van der Waals surface area contributed by atoms with Crippen LogP contribution in [0, 0.1) is 0 Å². The molecule has 0 aliphatic carbocycles. The zero-order chi connectivity index (χ0) is 33.2. The van der Waals surface area contributed by atoms with Crippen LogP contribution in [0.4, 0.5) is 0 Å². The monoisotopic (exact) mass is 665 g/mol. The van der Waals surface area contributed by atoms with Crippen molar-refractivity contribution in [1.82, 2.24) is 4.57 Å². The molecule has 3 heterocycles. The highest BCUT2D eigenvalue weighted by Gasteiger charge is 2.19. The fraction of sp³-hybridized carbons (Fsp3) is 0. The number of hydrogen-bond acceptors (Lipinski definition) is 2. The molecule has 12 rings (SSSR count). The van der Waals surface area contributed by atoms with Gasteiger partial charge in [0.2, 0.25) is 0 Å². The Morgan fingerprint density at radius 1 is 0.373 bits per heavy atom. The molecule has 9 aromatic carbocycles. The van der Waals surface area contributed by atoms with Gasteiger partial charge >= 0.3 is 0 Å². The SMILES string of the molecule is c1ccc2c(c1)sc1c2ccc2c1c1ccccc1n2-c1ccc2oc3ccc(-c4ccc5c6ccccc6c6ccccc6c5c4)cc3c2c1. The normalized spacial score (nSPS) is 12.3. The topological polar surface area (TPSA) is 18.1 Å². The quantitative estimate of drug-likeness (QED) is 0.168. The van der Waals surface area contributed by atoms with Gasteiger partial charge in [-0.1, -0.05) is 109 Å². The average molecular weight is 666 g/mol. The van der Waals surface area contributed by atoms with Crippen LogP contribution in [0.5, 0.6) is 0 Å². The van der Waals surface area contributed by atoms with E-state index in [4.69, 9.17) is 4.42 Å². The van der Waals surface area contributed by atoms with E-state index in [1.165, 1.54) is 85.4 Å². The molecule has 2 nitrogen and oxygen atoms in total. The smallest absolute Gasteiger partial charge is 0.135 e. The highest BCUT2D eigenvalue weighted by atomic mass is 32.1. The first-order valence-corrected chi connectivity index (χ1v) is 18.2. The van der Waals surface area contributed by atoms with Crippen LogP contribution in [0.3, 0.4) is 0 Å². The number of benzene rings is 9. The number of aromatic nitrogens is 1. The fourth-order valence-corrected chi connectivity index (χ4v) is 9.94. The predicted molar refractivity (Wildman–Crippen MR) is 219 cm³/mol. The summed E-state index contributed by atoms with van der Waals surface area (Å²) < 4.78 is 11.5. The summed E-state index contributed by atoms with van der Waals surface area (Å²) in [4.78, 5) is 0. The van der Waals surface area contributed by atoms with Gasteiger partial charge in [0.15, 0.2) is 0 Å². The Balaban J connectivity index is 1.07. The van der Waals surface area contributed by atoms with Crippen LogP contribution < -0.4 is 0 Å². The van der Waals surface area contributed by atoms with E-state index in [9.17, 15) is 0 Å². The molecule has 0 radical (unpaired) electrons. The maximum Gasteiger partial charge on any atom is 0.135 e. The summed E-state index contributed by atoms with van der Waals surface area (Å²) in [5.41, 5.74) is 7.74. The van der Waals surface area contributed by atoms with Crippen LogP contribution in [-0.4, -0.2) is 4.57 Å². The van der Waals surface area contributed by atoms with Gasteiger partial charge in [-0.05, 0) is 98.0 Å². The molecular formula is C48H27NOS. The first-order valence-electron chi connectivity index (χ1n) is 17.4. The Kier molecular flexibility index (Phi) is 5.41. The van der Waals surface area contributed by atoms with Crippen LogP contribution >= 0.6 is 11.3 Å². The lowest BCUT2D eigenvalue weighted by atomic mass is 9.92. The Morgan fingerprint density at radius 2 is 0.922 bits per heavy atom. The third-order valence-corrected chi connectivity index (χ3v) is 12.2. The zero-order valence-corrected chi connectivity index (χ0v) is 28.2. The van der Waals surface area contributed by atoms with Crippen molar-refractivity contribution in [1.29, 1.82) is 0 Å². The van der Waals surface area contributed by atoms with Gasteiger partial charge in [-0.3, -0.25) is 0 Å². The van der Waals surface area contributed by atoms with Crippen LogP contribution in [0.2, 0.25) is 0 Å². The second-order valence-electron chi connectivity index (χ2n) is 13.6. The lowest BCUT2D eigenvalue weighted by molar-refractivity contribution is 0.669. The van der Waals surface area contributed by atoms with Crippen LogP contribution in [0.1, 0.15) is 0 Å². The molecule has 0 fully saturated rings. The third-order valence-electron chi connectivity index (χ3n) is 11.0. The maximum atomic E-state index is 6.45. The van der Waals surface area contributed by atoms with E-state index in [-0.39, 0.29) is 0 Å². The maximum absolute atomic E-state index is 6.45. The van der Waals surface area contributed by atoms with Crippen molar-refractivity contribution in [3.05, 3.63) is 164 Å². The van der Waals surface area contributed by atoms with Crippen molar-refractivity contribution in [3.63, 3.8) is 0 Å². The predicted octanol–water partition coefficient (Wildman–Crippen LogP) is 14.2. The minimum Gasteiger partial charge on any atom is -0.456 e. The lowest BCUT2D eigenvalue weighted by Crippen LogP contribution is -1.93. The summed E-state index contributed by atoms with van der Waals surface area (Å²) in [6, 6.07) is 59.9. The molecule has 0 saturated carbocycles. The average Bonchev–Trinajstić information content (AvgIpc) is 3.86. The molecule has 236 valence electrons. The van der Waals surface area contributed by atoms with Crippen molar-refractivity contribution in [2.24, 2.45) is 0 Å². The number of rotatable bonds is 2. The van der Waals surface area contributed by atoms with E-state index in [1.54, 1.807) is 0 Å². The van der Waals surface area contributed by atoms with Crippen molar-refractivity contribution in [2.45, 2.75) is 0 Å². The van der Waals surface area contributed by atoms with E-state index in [0.717, 1.165) is 27.6 Å². The van der Waals surface area contributed by atoms with Gasteiger partial charge in [0.1, 0.15) is 11.2 Å². The molecule has 0 amide bonds. The lowest BCUT2D eigenvalue weighted by Gasteiger charge is -2.12. The zero-order valence-electron chi connectivity index (χ0n) is 27.4. The molecule has 0 saturated heterocycles. The molecule has 0 aliphatic heterocycles. The number of nitrogens with zero attached hydrogens (tertiary/aromatic N) is 1. The Morgan fingerprint density at radius 3 is 1.69 bits per heavy atom. The molecule has 51 heavy (non-hydrogen) atoms. The Bertz CT molecular complexity index is 3400. The van der Waals surface area contributed by atoms with Crippen molar-refractivity contribution >= 4 is 108 Å². The van der Waals surface area contributed by atoms with E-state index >= 15 is 0 Å². The van der Waals surface area contributed by atoms with Gasteiger partial charge in [-0.2, -0.15) is 0 Å². The first-order chi connectivity index (χ1) is 25.3. The van der Waals surface area contributed by atoms with Crippen LogP contribution in [-0.2, 0) is 0 Å². The fourth-order valence-electron chi connectivity index (χ4n) is 8.68. The van der Waals surface area contributed by atoms with Crippen molar-refractivity contribution in [3.8, 4) is 16.8 Å². The van der Waals surface area contributed by atoms with Gasteiger partial charge in [-0.15, -0.1) is 11.3 Å². The molecule has 0 N–H and O–H groups in total. The summed E-state index contributed by atoms with van der Waals surface area (Å²) in [7, 11) is 0. The number of thiophene rings is 1. The van der Waals surface area contributed by atoms with Gasteiger partial charge in [0.25, 0.3) is 0 Å². The minimum absolute atomic E-state index is 0.898. The second-order valence-corrected chi connectivity index (χ2v) is 14.7. The van der Waals surface area contributed by atoms with Gasteiger partial charge in [-0.25, -0.2) is 0 Å². The molecule has 0 unspecified atom stereocenters. The molecule has 0 bridgehead atoms. The van der Waals surface area contributed by atoms with Crippen molar-refractivity contribution < 1.29 is 4.42 Å². The van der Waals surface area contributed by atoms with E-state index in [0.29, 0.717) is 0 Å². The van der Waals surface area contributed by atoms with E-state index in [1.807, 2.05) is 11.3 Å². The summed E-state index contributed by atoms with van der Waals surface area (Å²) in [5.74, 6) is 0. The number of furan rings is 1. The molecule has 3 heteroatoms. The number of para-hydroxylation sites is 1.